The minimum atomic E-state index is -5.17. The molecule has 0 aromatic rings. The molecule has 0 unspecified atom stereocenters. The maximum Gasteiger partial charge on any atom is 0.0311 e. The molecule has 0 rings (SSSR count). The molecule has 0 amide bonds. The van der Waals surface area contributed by atoms with E-state index in [1.807, 2.05) is 0 Å². The van der Waals surface area contributed by atoms with Gasteiger partial charge in [0.25, 0.3) is 0 Å². The number of hydrogen-bond acceptors (Lipinski definition) is 4. The van der Waals surface area contributed by atoms with Gasteiger partial charge in [-0.15, -0.1) is 0 Å². The van der Waals surface area contributed by atoms with Gasteiger partial charge in [0.05, 0.1) is 0 Å². The van der Waals surface area contributed by atoms with Crippen LogP contribution in [-0.2, 0) is 34.4 Å². The first-order valence-electron chi connectivity index (χ1n) is 0.667. The summed E-state index contributed by atoms with van der Waals surface area (Å²) in [6, 6.07) is 0. The second-order valence-corrected chi connectivity index (χ2v) is 1.22. The van der Waals surface area contributed by atoms with Gasteiger partial charge in [-0.2, -0.15) is 0 Å². The van der Waals surface area contributed by atoms with Crippen LogP contribution in [0.15, 0.2) is 0 Å². The van der Waals surface area contributed by atoms with Crippen molar-refractivity contribution in [2.24, 2.45) is 0 Å². The van der Waals surface area contributed by atoms with Crippen LogP contribution >= 0.6 is 0 Å². The second kappa shape index (κ2) is 4.57. The zero-order valence-corrected chi connectivity index (χ0v) is 5.11. The van der Waals surface area contributed by atoms with Gasteiger partial charge in [0.1, 0.15) is 0 Å². The standard InChI is InChI=1S/H2O4S.O.V.H/c1-5(2,3)4;;;/h(H2,1,2,3,4);;;/q;-2;;-1/p-2. The first-order valence-corrected chi connectivity index (χ1v) is 2.00. The first-order chi connectivity index (χ1) is 2.00. The summed E-state index contributed by atoms with van der Waals surface area (Å²) in [5.41, 5.74) is 0. The third kappa shape index (κ3) is 728. The van der Waals surface area contributed by atoms with E-state index < -0.39 is 10.4 Å². The van der Waals surface area contributed by atoms with Gasteiger partial charge in [-0.1, -0.05) is 0 Å². The van der Waals surface area contributed by atoms with Crippen LogP contribution in [0.1, 0.15) is 1.43 Å². The normalized spacial score (nSPS) is 8.29. The van der Waals surface area contributed by atoms with Crippen molar-refractivity contribution in [1.82, 2.24) is 0 Å². The van der Waals surface area contributed by atoms with Crippen LogP contribution in [-0.4, -0.2) is 17.5 Å². The topological polar surface area (TPSA) is 109 Å². The second-order valence-electron chi connectivity index (χ2n) is 0.408. The molecule has 1 radical (unpaired) electrons. The predicted molar refractivity (Wildman–Crippen MR) is 12.3 cm³/mol. The Bertz CT molecular complexity index is 95.6. The average molecular weight is 164 g/mol. The Labute approximate surface area is 54.0 Å². The van der Waals surface area contributed by atoms with Crippen LogP contribution in [0.4, 0.5) is 0 Å². The largest absolute Gasteiger partial charge is 2.00 e. The molecule has 5 nitrogen and oxygen atoms in total. The molecule has 0 saturated carbocycles. The van der Waals surface area contributed by atoms with Crippen LogP contribution < -0.4 is 0 Å². The van der Waals surface area contributed by atoms with E-state index in [4.69, 9.17) is 17.5 Å². The molecule has 0 bridgehead atoms. The Morgan fingerprint density at radius 1 is 1.29 bits per heavy atom. The molecular formula is HO5SV-5. The van der Waals surface area contributed by atoms with Crippen LogP contribution in [0.3, 0.4) is 0 Å². The molecule has 0 aliphatic rings. The smallest absolute Gasteiger partial charge is 0.0311 e. The Balaban J connectivity index is -0.0000000267. The number of rotatable bonds is 0. The predicted octanol–water partition coefficient (Wildman–Crippen LogP) is -1.35. The SMILES string of the molecule is O=S(=O)([O-])[O-].[H-].[O-2].[V]. The fourth-order valence-electron chi connectivity index (χ4n) is 0. The summed E-state index contributed by atoms with van der Waals surface area (Å²) < 4.78 is 34.1. The van der Waals surface area contributed by atoms with E-state index >= 15 is 0 Å². The molecule has 0 saturated heterocycles. The summed E-state index contributed by atoms with van der Waals surface area (Å²) in [7, 11) is -5.17. The van der Waals surface area contributed by atoms with Crippen molar-refractivity contribution in [2.45, 2.75) is 0 Å². The molecule has 0 aliphatic carbocycles. The van der Waals surface area contributed by atoms with E-state index in [0.717, 1.165) is 0 Å². The molecule has 0 fully saturated rings. The van der Waals surface area contributed by atoms with E-state index in [-0.39, 0.29) is 25.5 Å². The van der Waals surface area contributed by atoms with Gasteiger partial charge < -0.3 is 16.0 Å². The molecule has 7 heavy (non-hydrogen) atoms. The summed E-state index contributed by atoms with van der Waals surface area (Å²) in [5, 5.41) is 0. The van der Waals surface area contributed by atoms with Crippen molar-refractivity contribution in [2.75, 3.05) is 0 Å². The van der Waals surface area contributed by atoms with E-state index in [0.29, 0.717) is 0 Å². The molecule has 7 heteroatoms. The van der Waals surface area contributed by atoms with E-state index in [1.54, 1.807) is 0 Å². The Morgan fingerprint density at radius 2 is 1.29 bits per heavy atom. The Morgan fingerprint density at radius 3 is 1.29 bits per heavy atom. The molecular weight excluding hydrogens is 163 g/mol. The molecule has 0 aromatic heterocycles. The van der Waals surface area contributed by atoms with Crippen molar-refractivity contribution in [3.05, 3.63) is 0 Å². The Hall–Kier alpha value is 0.414. The minimum Gasteiger partial charge on any atom is -2.00 e. The molecule has 47 valence electrons. The third-order valence-corrected chi connectivity index (χ3v) is 0. The molecule has 0 heterocycles. The van der Waals surface area contributed by atoms with Crippen LogP contribution in [0, 0.1) is 0 Å². The fourth-order valence-corrected chi connectivity index (χ4v) is 0. The number of hydrogen-bond donors (Lipinski definition) is 0. The molecule has 0 aliphatic heterocycles. The third-order valence-electron chi connectivity index (χ3n) is 0. The van der Waals surface area contributed by atoms with Gasteiger partial charge in [0, 0.05) is 29.0 Å². The van der Waals surface area contributed by atoms with E-state index in [1.165, 1.54) is 0 Å². The van der Waals surface area contributed by atoms with Crippen molar-refractivity contribution < 1.29 is 43.0 Å². The van der Waals surface area contributed by atoms with Crippen molar-refractivity contribution in [3.63, 3.8) is 0 Å². The first kappa shape index (κ1) is 15.7. The van der Waals surface area contributed by atoms with E-state index in [2.05, 4.69) is 0 Å². The molecule has 0 aromatic carbocycles. The van der Waals surface area contributed by atoms with Crippen LogP contribution in [0.25, 0.3) is 0 Å². The van der Waals surface area contributed by atoms with Gasteiger partial charge in [0.15, 0.2) is 0 Å². The molecule has 0 atom stereocenters. The average Bonchev–Trinajstić information content (AvgIpc) is 0.722. The minimum absolute atomic E-state index is 0. The summed E-state index contributed by atoms with van der Waals surface area (Å²) >= 11 is 0. The maximum absolute atomic E-state index is 8.52. The Kier molecular flexibility index (Phi) is 10.2. The quantitative estimate of drug-likeness (QED) is 0.325. The van der Waals surface area contributed by atoms with Crippen LogP contribution in [0.2, 0.25) is 0 Å². The van der Waals surface area contributed by atoms with Gasteiger partial charge in [-0.3, -0.25) is 8.42 Å². The van der Waals surface area contributed by atoms with Gasteiger partial charge >= 0.3 is 0 Å². The monoisotopic (exact) mass is 164 g/mol. The van der Waals surface area contributed by atoms with Gasteiger partial charge in [-0.25, -0.2) is 0 Å². The van der Waals surface area contributed by atoms with Crippen LogP contribution in [0.5, 0.6) is 0 Å². The molecule has 0 spiro atoms. The summed E-state index contributed by atoms with van der Waals surface area (Å²) in [6.07, 6.45) is 0. The summed E-state index contributed by atoms with van der Waals surface area (Å²) in [4.78, 5) is 0. The van der Waals surface area contributed by atoms with Gasteiger partial charge in [-0.05, 0) is 0 Å². The zero-order valence-electron chi connectivity index (χ0n) is 3.90. The van der Waals surface area contributed by atoms with Crippen molar-refractivity contribution >= 4 is 10.4 Å². The summed E-state index contributed by atoms with van der Waals surface area (Å²) in [6.45, 7) is 0. The van der Waals surface area contributed by atoms with E-state index in [9.17, 15) is 0 Å². The fraction of sp³-hybridized carbons (Fsp3) is 0. The van der Waals surface area contributed by atoms with Gasteiger partial charge in [0.2, 0.25) is 0 Å². The molecule has 0 N–H and O–H groups in total. The maximum atomic E-state index is 8.52. The van der Waals surface area contributed by atoms with Crippen molar-refractivity contribution in [1.29, 1.82) is 0 Å². The van der Waals surface area contributed by atoms with Crippen molar-refractivity contribution in [3.8, 4) is 0 Å². The summed E-state index contributed by atoms with van der Waals surface area (Å²) in [5.74, 6) is 0. The zero-order chi connectivity index (χ0) is 4.50.